The molecule has 0 spiro atoms. The molecule has 0 radical (unpaired) electrons. The predicted molar refractivity (Wildman–Crippen MR) is 103 cm³/mol. The van der Waals surface area contributed by atoms with Crippen LogP contribution in [0.1, 0.15) is 42.5 Å². The van der Waals surface area contributed by atoms with Gasteiger partial charge in [0.2, 0.25) is 10.0 Å². The van der Waals surface area contributed by atoms with Gasteiger partial charge in [0.1, 0.15) is 5.76 Å². The molecule has 0 saturated carbocycles. The van der Waals surface area contributed by atoms with Crippen LogP contribution < -0.4 is 0 Å². The standard InChI is InChI=1S/C20H26N2O4S/c1-15-18(9-14-26-15)19(23)21-10-12-22(13-11-21)27(24,25)17-7-5-16(6-8-17)20(2,3)4/h5-9,14H,10-13H2,1-4H3. The molecule has 7 heteroatoms. The highest BCUT2D eigenvalue weighted by Gasteiger charge is 2.31. The molecule has 0 aliphatic carbocycles. The highest BCUT2D eigenvalue weighted by Crippen LogP contribution is 2.25. The van der Waals surface area contributed by atoms with Gasteiger partial charge >= 0.3 is 0 Å². The minimum Gasteiger partial charge on any atom is -0.469 e. The molecule has 1 saturated heterocycles. The van der Waals surface area contributed by atoms with Gasteiger partial charge in [-0.2, -0.15) is 4.31 Å². The van der Waals surface area contributed by atoms with E-state index in [1.165, 1.54) is 10.6 Å². The predicted octanol–water partition coefficient (Wildman–Crippen LogP) is 3.03. The molecule has 2 aromatic rings. The first-order valence-electron chi connectivity index (χ1n) is 9.05. The average Bonchev–Trinajstić information content (AvgIpc) is 3.06. The smallest absolute Gasteiger partial charge is 0.257 e. The van der Waals surface area contributed by atoms with Crippen molar-refractivity contribution < 1.29 is 17.6 Å². The van der Waals surface area contributed by atoms with Gasteiger partial charge in [-0.3, -0.25) is 4.79 Å². The molecule has 1 aliphatic rings. The van der Waals surface area contributed by atoms with Crippen LogP contribution in [0.2, 0.25) is 0 Å². The second-order valence-corrected chi connectivity index (χ2v) is 9.80. The van der Waals surface area contributed by atoms with Crippen molar-refractivity contribution in [2.24, 2.45) is 0 Å². The Kier molecular flexibility index (Phi) is 5.18. The summed E-state index contributed by atoms with van der Waals surface area (Å²) >= 11 is 0. The second-order valence-electron chi connectivity index (χ2n) is 7.86. The van der Waals surface area contributed by atoms with Crippen molar-refractivity contribution in [2.45, 2.75) is 38.0 Å². The summed E-state index contributed by atoms with van der Waals surface area (Å²) in [6.45, 7) is 9.32. The van der Waals surface area contributed by atoms with Gasteiger partial charge in [0.05, 0.1) is 16.7 Å². The van der Waals surface area contributed by atoms with Gasteiger partial charge < -0.3 is 9.32 Å². The summed E-state index contributed by atoms with van der Waals surface area (Å²) in [5, 5.41) is 0. The van der Waals surface area contributed by atoms with Crippen molar-refractivity contribution >= 4 is 15.9 Å². The van der Waals surface area contributed by atoms with E-state index in [1.807, 2.05) is 12.1 Å². The second kappa shape index (κ2) is 7.13. The van der Waals surface area contributed by atoms with E-state index in [2.05, 4.69) is 20.8 Å². The summed E-state index contributed by atoms with van der Waals surface area (Å²) in [7, 11) is -3.56. The Labute approximate surface area is 160 Å². The van der Waals surface area contributed by atoms with E-state index in [0.717, 1.165) is 5.56 Å². The first kappa shape index (κ1) is 19.6. The number of carbonyl (C=O) groups excluding carboxylic acids is 1. The topological polar surface area (TPSA) is 70.8 Å². The number of furan rings is 1. The summed E-state index contributed by atoms with van der Waals surface area (Å²) in [6, 6.07) is 8.73. The van der Waals surface area contributed by atoms with Crippen LogP contribution in [-0.2, 0) is 15.4 Å². The van der Waals surface area contributed by atoms with E-state index in [-0.39, 0.29) is 24.4 Å². The molecule has 0 atom stereocenters. The molecule has 3 rings (SSSR count). The van der Waals surface area contributed by atoms with Gasteiger partial charge in [-0.05, 0) is 36.1 Å². The monoisotopic (exact) mass is 390 g/mol. The highest BCUT2D eigenvalue weighted by molar-refractivity contribution is 7.89. The van der Waals surface area contributed by atoms with Crippen molar-refractivity contribution in [3.05, 3.63) is 53.5 Å². The number of hydrogen-bond donors (Lipinski definition) is 0. The van der Waals surface area contributed by atoms with Crippen LogP contribution >= 0.6 is 0 Å². The molecule has 1 aromatic heterocycles. The Balaban J connectivity index is 1.69. The summed E-state index contributed by atoms with van der Waals surface area (Å²) in [5.41, 5.74) is 1.59. The molecule has 1 aromatic carbocycles. The quantitative estimate of drug-likeness (QED) is 0.808. The zero-order valence-corrected chi connectivity index (χ0v) is 17.0. The fraction of sp³-hybridized carbons (Fsp3) is 0.450. The first-order valence-corrected chi connectivity index (χ1v) is 10.5. The normalized spacial score (nSPS) is 16.5. The van der Waals surface area contributed by atoms with E-state index in [4.69, 9.17) is 4.42 Å². The lowest BCUT2D eigenvalue weighted by Gasteiger charge is -2.34. The first-order chi connectivity index (χ1) is 12.6. The number of benzene rings is 1. The van der Waals surface area contributed by atoms with Crippen LogP contribution in [0.4, 0.5) is 0 Å². The van der Waals surface area contributed by atoms with Crippen LogP contribution in [0.15, 0.2) is 45.9 Å². The fourth-order valence-electron chi connectivity index (χ4n) is 3.18. The molecule has 1 fully saturated rings. The van der Waals surface area contributed by atoms with E-state index >= 15 is 0 Å². The van der Waals surface area contributed by atoms with Gasteiger partial charge in [0, 0.05) is 26.2 Å². The van der Waals surface area contributed by atoms with E-state index in [1.54, 1.807) is 30.0 Å². The summed E-state index contributed by atoms with van der Waals surface area (Å²) < 4.78 is 32.5. The van der Waals surface area contributed by atoms with Gasteiger partial charge in [-0.15, -0.1) is 0 Å². The molecule has 6 nitrogen and oxygen atoms in total. The lowest BCUT2D eigenvalue weighted by atomic mass is 9.87. The number of nitrogens with zero attached hydrogens (tertiary/aromatic N) is 2. The molecular formula is C20H26N2O4S. The number of carbonyl (C=O) groups is 1. The van der Waals surface area contributed by atoms with Crippen molar-refractivity contribution in [2.75, 3.05) is 26.2 Å². The van der Waals surface area contributed by atoms with Crippen molar-refractivity contribution in [1.29, 1.82) is 0 Å². The average molecular weight is 391 g/mol. The molecule has 146 valence electrons. The zero-order chi connectivity index (χ0) is 19.8. The lowest BCUT2D eigenvalue weighted by molar-refractivity contribution is 0.0696. The minimum atomic E-state index is -3.56. The lowest BCUT2D eigenvalue weighted by Crippen LogP contribution is -2.50. The maximum atomic E-state index is 12.9. The highest BCUT2D eigenvalue weighted by atomic mass is 32.2. The molecule has 1 aliphatic heterocycles. The molecular weight excluding hydrogens is 364 g/mol. The maximum absolute atomic E-state index is 12.9. The van der Waals surface area contributed by atoms with Gasteiger partial charge in [-0.1, -0.05) is 32.9 Å². The number of hydrogen-bond acceptors (Lipinski definition) is 4. The largest absolute Gasteiger partial charge is 0.469 e. The van der Waals surface area contributed by atoms with E-state index < -0.39 is 10.0 Å². The van der Waals surface area contributed by atoms with Crippen LogP contribution in [0.25, 0.3) is 0 Å². The van der Waals surface area contributed by atoms with Crippen molar-refractivity contribution in [3.8, 4) is 0 Å². The molecule has 1 amide bonds. The molecule has 0 unspecified atom stereocenters. The number of rotatable bonds is 3. The molecule has 27 heavy (non-hydrogen) atoms. The summed E-state index contributed by atoms with van der Waals surface area (Å²) in [4.78, 5) is 14.5. The van der Waals surface area contributed by atoms with Crippen molar-refractivity contribution in [3.63, 3.8) is 0 Å². The third kappa shape index (κ3) is 3.94. The Morgan fingerprint density at radius 1 is 1.00 bits per heavy atom. The van der Waals surface area contributed by atoms with Crippen molar-refractivity contribution in [1.82, 2.24) is 9.21 Å². The summed E-state index contributed by atoms with van der Waals surface area (Å²) in [6.07, 6.45) is 1.49. The minimum absolute atomic E-state index is 0.0283. The number of aryl methyl sites for hydroxylation is 1. The van der Waals surface area contributed by atoms with E-state index in [0.29, 0.717) is 29.3 Å². The van der Waals surface area contributed by atoms with Crippen LogP contribution in [-0.4, -0.2) is 49.7 Å². The van der Waals surface area contributed by atoms with Gasteiger partial charge in [0.15, 0.2) is 0 Å². The Morgan fingerprint density at radius 3 is 2.07 bits per heavy atom. The van der Waals surface area contributed by atoms with Gasteiger partial charge in [-0.25, -0.2) is 8.42 Å². The van der Waals surface area contributed by atoms with Crippen LogP contribution in [0.5, 0.6) is 0 Å². The number of piperazine rings is 1. The molecule has 2 heterocycles. The third-order valence-electron chi connectivity index (χ3n) is 4.97. The van der Waals surface area contributed by atoms with Crippen LogP contribution in [0.3, 0.4) is 0 Å². The van der Waals surface area contributed by atoms with Crippen LogP contribution in [0, 0.1) is 6.92 Å². The maximum Gasteiger partial charge on any atom is 0.257 e. The third-order valence-corrected chi connectivity index (χ3v) is 6.89. The number of amides is 1. The molecule has 0 bridgehead atoms. The Morgan fingerprint density at radius 2 is 1.59 bits per heavy atom. The number of sulfonamides is 1. The SMILES string of the molecule is Cc1occc1C(=O)N1CCN(S(=O)(=O)c2ccc(C(C)(C)C)cc2)CC1. The van der Waals surface area contributed by atoms with E-state index in [9.17, 15) is 13.2 Å². The fourth-order valence-corrected chi connectivity index (χ4v) is 4.61. The Bertz CT molecular complexity index is 916. The van der Waals surface area contributed by atoms with Gasteiger partial charge in [0.25, 0.3) is 5.91 Å². The summed E-state index contributed by atoms with van der Waals surface area (Å²) in [5.74, 6) is 0.460. The zero-order valence-electron chi connectivity index (χ0n) is 16.2. The molecule has 0 N–H and O–H groups in total. The Hall–Kier alpha value is -2.12.